The van der Waals surface area contributed by atoms with E-state index in [0.29, 0.717) is 5.56 Å². The Morgan fingerprint density at radius 3 is 2.83 bits per heavy atom. The van der Waals surface area contributed by atoms with Gasteiger partial charge in [0.05, 0.1) is 22.7 Å². The summed E-state index contributed by atoms with van der Waals surface area (Å²) in [6, 6.07) is 1.39. The average molecular weight is 306 g/mol. The zero-order chi connectivity index (χ0) is 13.3. The molecule has 0 N–H and O–H groups in total. The smallest absolute Gasteiger partial charge is 0.266 e. The van der Waals surface area contributed by atoms with E-state index in [1.165, 1.54) is 12.3 Å². The molecule has 0 aromatic carbocycles. The zero-order valence-electron chi connectivity index (χ0n) is 8.67. The molecule has 0 saturated carbocycles. The van der Waals surface area contributed by atoms with Gasteiger partial charge in [-0.1, -0.05) is 34.5 Å². The van der Waals surface area contributed by atoms with Gasteiger partial charge in [-0.3, -0.25) is 14.9 Å². The van der Waals surface area contributed by atoms with Crippen molar-refractivity contribution in [2.75, 3.05) is 0 Å². The molecule has 2 heterocycles. The number of rotatable bonds is 3. The standard InChI is InChI=1S/C9H5Cl2N3O3S/c10-6-2-12-13(9(15)8(6)11)3-5-1-7(14(16)17)18-4-5/h1-2,4H,3H2. The number of halogens is 2. The molecule has 2 aromatic rings. The van der Waals surface area contributed by atoms with Gasteiger partial charge in [0.2, 0.25) is 0 Å². The fourth-order valence-corrected chi connectivity index (χ4v) is 2.26. The summed E-state index contributed by atoms with van der Waals surface area (Å²) >= 11 is 12.3. The van der Waals surface area contributed by atoms with Crippen molar-refractivity contribution in [1.82, 2.24) is 9.78 Å². The molecular weight excluding hydrogens is 301 g/mol. The summed E-state index contributed by atoms with van der Waals surface area (Å²) in [5, 5.41) is 15.9. The quantitative estimate of drug-likeness (QED) is 0.645. The topological polar surface area (TPSA) is 78.0 Å². The van der Waals surface area contributed by atoms with Crippen molar-refractivity contribution >= 4 is 39.5 Å². The van der Waals surface area contributed by atoms with Gasteiger partial charge in [0.15, 0.2) is 0 Å². The third-order valence-electron chi connectivity index (χ3n) is 2.09. The van der Waals surface area contributed by atoms with Crippen LogP contribution in [0.1, 0.15) is 5.56 Å². The van der Waals surface area contributed by atoms with Gasteiger partial charge in [-0.2, -0.15) is 5.10 Å². The Bertz CT molecular complexity index is 667. The highest BCUT2D eigenvalue weighted by Gasteiger charge is 2.12. The Balaban J connectivity index is 2.31. The van der Waals surface area contributed by atoms with Crippen LogP contribution < -0.4 is 5.56 Å². The van der Waals surface area contributed by atoms with E-state index in [2.05, 4.69) is 5.10 Å². The van der Waals surface area contributed by atoms with E-state index in [-0.39, 0.29) is 21.6 Å². The summed E-state index contributed by atoms with van der Waals surface area (Å²) in [6.45, 7) is 0.111. The number of hydrogen-bond donors (Lipinski definition) is 0. The van der Waals surface area contributed by atoms with Crippen molar-refractivity contribution in [2.45, 2.75) is 6.54 Å². The van der Waals surface area contributed by atoms with Crippen molar-refractivity contribution in [1.29, 1.82) is 0 Å². The first-order chi connectivity index (χ1) is 8.49. The maximum Gasteiger partial charge on any atom is 0.324 e. The predicted molar refractivity (Wildman–Crippen MR) is 68.6 cm³/mol. The first-order valence-corrected chi connectivity index (χ1v) is 6.25. The molecular formula is C9H5Cl2N3O3S. The number of nitrogens with zero attached hydrogens (tertiary/aromatic N) is 3. The van der Waals surface area contributed by atoms with Gasteiger partial charge in [0.25, 0.3) is 5.56 Å². The average Bonchev–Trinajstić information content (AvgIpc) is 2.79. The maximum absolute atomic E-state index is 11.7. The van der Waals surface area contributed by atoms with E-state index in [9.17, 15) is 14.9 Å². The van der Waals surface area contributed by atoms with Crippen LogP contribution in [0.4, 0.5) is 5.00 Å². The minimum absolute atomic E-state index is 0.0121. The first kappa shape index (κ1) is 13.0. The minimum atomic E-state index is -0.530. The fourth-order valence-electron chi connectivity index (χ4n) is 1.27. The highest BCUT2D eigenvalue weighted by atomic mass is 35.5. The molecule has 6 nitrogen and oxygen atoms in total. The summed E-state index contributed by atoms with van der Waals surface area (Å²) in [4.78, 5) is 21.7. The fraction of sp³-hybridized carbons (Fsp3) is 0.111. The van der Waals surface area contributed by atoms with E-state index in [1.807, 2.05) is 0 Å². The monoisotopic (exact) mass is 305 g/mol. The third kappa shape index (κ3) is 2.53. The van der Waals surface area contributed by atoms with Crippen molar-refractivity contribution in [3.8, 4) is 0 Å². The zero-order valence-corrected chi connectivity index (χ0v) is 11.0. The van der Waals surface area contributed by atoms with Gasteiger partial charge in [-0.05, 0) is 5.56 Å². The normalized spacial score (nSPS) is 10.6. The number of aromatic nitrogens is 2. The van der Waals surface area contributed by atoms with Gasteiger partial charge in [0.1, 0.15) is 5.02 Å². The molecule has 0 aliphatic carbocycles. The van der Waals surface area contributed by atoms with E-state index in [0.717, 1.165) is 16.0 Å². The number of hydrogen-bond acceptors (Lipinski definition) is 5. The van der Waals surface area contributed by atoms with Crippen molar-refractivity contribution in [2.24, 2.45) is 0 Å². The molecule has 2 aromatic heterocycles. The van der Waals surface area contributed by atoms with Crippen molar-refractivity contribution < 1.29 is 4.92 Å². The predicted octanol–water partition coefficient (Wildman–Crippen LogP) is 2.57. The summed E-state index contributed by atoms with van der Waals surface area (Å²) in [5.74, 6) is 0. The lowest BCUT2D eigenvalue weighted by atomic mass is 10.3. The lowest BCUT2D eigenvalue weighted by Gasteiger charge is -2.03. The molecule has 0 unspecified atom stereocenters. The molecule has 0 saturated heterocycles. The Kier molecular flexibility index (Phi) is 3.65. The number of nitro groups is 1. The molecule has 0 radical (unpaired) electrons. The van der Waals surface area contributed by atoms with Crippen LogP contribution in [0.2, 0.25) is 10.0 Å². The van der Waals surface area contributed by atoms with Crippen LogP contribution >= 0.6 is 34.5 Å². The second-order valence-corrected chi connectivity index (χ2v) is 4.99. The van der Waals surface area contributed by atoms with E-state index < -0.39 is 10.5 Å². The van der Waals surface area contributed by atoms with Crippen LogP contribution in [0.15, 0.2) is 22.4 Å². The molecule has 0 aliphatic rings. The molecule has 0 aliphatic heterocycles. The second-order valence-electron chi connectivity index (χ2n) is 3.32. The molecule has 94 valence electrons. The number of thiophene rings is 1. The molecule has 0 bridgehead atoms. The van der Waals surface area contributed by atoms with Crippen molar-refractivity contribution in [3.05, 3.63) is 53.7 Å². The van der Waals surface area contributed by atoms with E-state index >= 15 is 0 Å². The molecule has 18 heavy (non-hydrogen) atoms. The summed E-state index contributed by atoms with van der Waals surface area (Å²) in [6.07, 6.45) is 1.26. The van der Waals surface area contributed by atoms with Gasteiger partial charge in [-0.15, -0.1) is 0 Å². The van der Waals surface area contributed by atoms with Gasteiger partial charge in [0, 0.05) is 11.4 Å². The molecule has 0 spiro atoms. The molecule has 0 amide bonds. The van der Waals surface area contributed by atoms with Crippen LogP contribution in [0.5, 0.6) is 0 Å². The lowest BCUT2D eigenvalue weighted by molar-refractivity contribution is -0.380. The molecule has 2 rings (SSSR count). The Morgan fingerprint density at radius 2 is 2.22 bits per heavy atom. The summed E-state index contributed by atoms with van der Waals surface area (Å²) < 4.78 is 1.10. The van der Waals surface area contributed by atoms with Crippen LogP contribution in [0, 0.1) is 10.1 Å². The summed E-state index contributed by atoms with van der Waals surface area (Å²) in [5.41, 5.74) is 0.0812. The Hall–Kier alpha value is -1.44. The summed E-state index contributed by atoms with van der Waals surface area (Å²) in [7, 11) is 0. The van der Waals surface area contributed by atoms with E-state index in [1.54, 1.807) is 5.38 Å². The van der Waals surface area contributed by atoms with Crippen LogP contribution in [-0.4, -0.2) is 14.7 Å². The SMILES string of the molecule is O=c1c(Cl)c(Cl)cnn1Cc1csc([N+](=O)[O-])c1. The minimum Gasteiger partial charge on any atom is -0.266 e. The maximum atomic E-state index is 11.7. The van der Waals surface area contributed by atoms with Gasteiger partial charge >= 0.3 is 5.00 Å². The van der Waals surface area contributed by atoms with E-state index in [4.69, 9.17) is 23.2 Å². The van der Waals surface area contributed by atoms with Crippen LogP contribution in [-0.2, 0) is 6.54 Å². The van der Waals surface area contributed by atoms with Gasteiger partial charge in [-0.25, -0.2) is 4.68 Å². The van der Waals surface area contributed by atoms with Crippen LogP contribution in [0.25, 0.3) is 0 Å². The molecule has 0 fully saturated rings. The second kappa shape index (κ2) is 5.05. The van der Waals surface area contributed by atoms with Gasteiger partial charge < -0.3 is 0 Å². The molecule has 9 heteroatoms. The van der Waals surface area contributed by atoms with Crippen molar-refractivity contribution in [3.63, 3.8) is 0 Å². The third-order valence-corrected chi connectivity index (χ3v) is 3.77. The highest BCUT2D eigenvalue weighted by Crippen LogP contribution is 2.23. The molecule has 0 atom stereocenters. The lowest BCUT2D eigenvalue weighted by Crippen LogP contribution is -2.23. The Labute approximate surface area is 115 Å². The highest BCUT2D eigenvalue weighted by molar-refractivity contribution is 7.13. The largest absolute Gasteiger partial charge is 0.324 e. The Morgan fingerprint density at radius 1 is 1.50 bits per heavy atom. The van der Waals surface area contributed by atoms with Crippen LogP contribution in [0.3, 0.4) is 0 Å². The first-order valence-electron chi connectivity index (χ1n) is 4.62.